The van der Waals surface area contributed by atoms with E-state index >= 15 is 0 Å². The third-order valence-corrected chi connectivity index (χ3v) is 3.75. The first-order chi connectivity index (χ1) is 9.04. The number of nitrogens with two attached hydrogens (primary N) is 1. The molecule has 19 heavy (non-hydrogen) atoms. The first kappa shape index (κ1) is 14.2. The zero-order chi connectivity index (χ0) is 14.0. The summed E-state index contributed by atoms with van der Waals surface area (Å²) in [6.45, 7) is 0. The maximum absolute atomic E-state index is 10.5. The molecule has 2 aromatic carbocycles. The number of aliphatic hydroxyl groups is 1. The highest BCUT2D eigenvalue weighted by atomic mass is 79.9. The molecule has 0 spiro atoms. The number of rotatable bonds is 3. The van der Waals surface area contributed by atoms with Crippen LogP contribution in [-0.2, 0) is 0 Å². The first-order valence-corrected chi connectivity index (χ1v) is 6.77. The van der Waals surface area contributed by atoms with Gasteiger partial charge in [-0.3, -0.25) is 0 Å². The molecule has 5 heteroatoms. The van der Waals surface area contributed by atoms with Crippen molar-refractivity contribution in [2.75, 3.05) is 12.8 Å². The van der Waals surface area contributed by atoms with Gasteiger partial charge in [0.1, 0.15) is 11.9 Å². The highest BCUT2D eigenvalue weighted by Crippen LogP contribution is 2.36. The largest absolute Gasteiger partial charge is 0.495 e. The van der Waals surface area contributed by atoms with Crippen molar-refractivity contribution in [2.45, 2.75) is 6.10 Å². The van der Waals surface area contributed by atoms with E-state index in [2.05, 4.69) is 15.9 Å². The van der Waals surface area contributed by atoms with Gasteiger partial charge in [0.25, 0.3) is 0 Å². The van der Waals surface area contributed by atoms with E-state index in [0.717, 1.165) is 4.47 Å². The Balaban J connectivity index is 2.50. The molecular formula is C14H13BrClNO2. The molecule has 0 bridgehead atoms. The van der Waals surface area contributed by atoms with Crippen molar-refractivity contribution in [1.82, 2.24) is 0 Å². The molecule has 0 saturated carbocycles. The van der Waals surface area contributed by atoms with Gasteiger partial charge in [-0.2, -0.15) is 0 Å². The molecule has 0 aliphatic rings. The molecule has 0 aliphatic heterocycles. The minimum absolute atomic E-state index is 0.386. The van der Waals surface area contributed by atoms with Crippen LogP contribution in [0.3, 0.4) is 0 Å². The van der Waals surface area contributed by atoms with E-state index in [9.17, 15) is 5.11 Å². The van der Waals surface area contributed by atoms with Gasteiger partial charge in [-0.1, -0.05) is 39.7 Å². The predicted octanol–water partition coefficient (Wildman–Crippen LogP) is 3.78. The number of ether oxygens (including phenoxy) is 1. The lowest BCUT2D eigenvalue weighted by atomic mass is 10.00. The van der Waals surface area contributed by atoms with Crippen LogP contribution in [0.15, 0.2) is 40.9 Å². The normalized spacial score (nSPS) is 12.2. The lowest BCUT2D eigenvalue weighted by molar-refractivity contribution is 0.220. The molecule has 3 nitrogen and oxygen atoms in total. The number of halogens is 2. The summed E-state index contributed by atoms with van der Waals surface area (Å²) < 4.78 is 5.98. The number of hydrogen-bond acceptors (Lipinski definition) is 3. The minimum atomic E-state index is -0.903. The number of hydrogen-bond donors (Lipinski definition) is 2. The van der Waals surface area contributed by atoms with Crippen LogP contribution in [0.1, 0.15) is 17.2 Å². The van der Waals surface area contributed by atoms with Crippen LogP contribution in [0, 0.1) is 0 Å². The van der Waals surface area contributed by atoms with E-state index in [4.69, 9.17) is 22.1 Å². The third-order valence-electron chi connectivity index (χ3n) is 2.85. The molecule has 2 rings (SSSR count). The summed E-state index contributed by atoms with van der Waals surface area (Å²) in [5.74, 6) is 0.520. The fourth-order valence-electron chi connectivity index (χ4n) is 1.85. The zero-order valence-corrected chi connectivity index (χ0v) is 12.6. The molecule has 0 unspecified atom stereocenters. The highest BCUT2D eigenvalue weighted by Gasteiger charge is 2.18. The number of anilines is 1. The molecule has 0 fully saturated rings. The van der Waals surface area contributed by atoms with Crippen LogP contribution < -0.4 is 10.5 Å². The average molecular weight is 343 g/mol. The number of aliphatic hydroxyl groups excluding tert-OH is 1. The van der Waals surface area contributed by atoms with Crippen molar-refractivity contribution in [3.63, 3.8) is 0 Å². The Hall–Kier alpha value is -1.23. The van der Waals surface area contributed by atoms with E-state index in [1.807, 2.05) is 6.07 Å². The van der Waals surface area contributed by atoms with Gasteiger partial charge in [0, 0.05) is 21.3 Å². The van der Waals surface area contributed by atoms with Crippen LogP contribution in [0.2, 0.25) is 5.02 Å². The van der Waals surface area contributed by atoms with E-state index in [1.54, 1.807) is 30.3 Å². The number of methoxy groups -OCH3 is 1. The predicted molar refractivity (Wildman–Crippen MR) is 80.6 cm³/mol. The maximum Gasteiger partial charge on any atom is 0.137 e. The third kappa shape index (κ3) is 2.86. The molecule has 2 aromatic rings. The summed E-state index contributed by atoms with van der Waals surface area (Å²) in [6, 6.07) is 10.6. The summed E-state index contributed by atoms with van der Waals surface area (Å²) in [5, 5.41) is 10.8. The van der Waals surface area contributed by atoms with Crippen molar-refractivity contribution in [2.24, 2.45) is 0 Å². The van der Waals surface area contributed by atoms with Crippen molar-refractivity contribution in [1.29, 1.82) is 0 Å². The van der Waals surface area contributed by atoms with Crippen LogP contribution in [0.25, 0.3) is 0 Å². The standard InChI is InChI=1S/C14H13BrClNO2/c1-19-12-4-2-3-9(13(12)16)14(18)10-7-8(15)5-6-11(10)17/h2-7,14,18H,17H2,1H3/t14-/m0/s1. The quantitative estimate of drug-likeness (QED) is 0.835. The van der Waals surface area contributed by atoms with Crippen molar-refractivity contribution < 1.29 is 9.84 Å². The van der Waals surface area contributed by atoms with Gasteiger partial charge < -0.3 is 15.6 Å². The Bertz CT molecular complexity index is 604. The van der Waals surface area contributed by atoms with Gasteiger partial charge in [-0.05, 0) is 24.3 Å². The molecule has 0 aliphatic carbocycles. The molecule has 0 radical (unpaired) electrons. The van der Waals surface area contributed by atoms with Crippen LogP contribution in [0.4, 0.5) is 5.69 Å². The Kier molecular flexibility index (Phi) is 4.34. The number of nitrogen functional groups attached to an aromatic ring is 1. The molecule has 100 valence electrons. The van der Waals surface area contributed by atoms with E-state index in [0.29, 0.717) is 27.6 Å². The Morgan fingerprint density at radius 1 is 1.26 bits per heavy atom. The second kappa shape index (κ2) is 5.82. The topological polar surface area (TPSA) is 55.5 Å². The van der Waals surface area contributed by atoms with E-state index in [1.165, 1.54) is 7.11 Å². The maximum atomic E-state index is 10.5. The van der Waals surface area contributed by atoms with Gasteiger partial charge in [-0.25, -0.2) is 0 Å². The molecule has 3 N–H and O–H groups in total. The average Bonchev–Trinajstić information content (AvgIpc) is 2.41. The summed E-state index contributed by atoms with van der Waals surface area (Å²) >= 11 is 9.57. The second-order valence-electron chi connectivity index (χ2n) is 4.04. The molecule has 0 heterocycles. The Morgan fingerprint density at radius 3 is 2.68 bits per heavy atom. The van der Waals surface area contributed by atoms with E-state index < -0.39 is 6.10 Å². The van der Waals surface area contributed by atoms with E-state index in [-0.39, 0.29) is 0 Å². The van der Waals surface area contributed by atoms with Crippen molar-refractivity contribution in [3.05, 3.63) is 57.0 Å². The SMILES string of the molecule is COc1cccc([C@H](O)c2cc(Br)ccc2N)c1Cl. The summed E-state index contributed by atoms with van der Waals surface area (Å²) in [5.41, 5.74) is 7.56. The Labute approximate surface area is 125 Å². The van der Waals surface area contributed by atoms with Crippen LogP contribution in [-0.4, -0.2) is 12.2 Å². The molecule has 0 aromatic heterocycles. The first-order valence-electron chi connectivity index (χ1n) is 5.60. The minimum Gasteiger partial charge on any atom is -0.495 e. The van der Waals surface area contributed by atoms with Crippen molar-refractivity contribution >= 4 is 33.2 Å². The van der Waals surface area contributed by atoms with Crippen LogP contribution in [0.5, 0.6) is 5.75 Å². The van der Waals surface area contributed by atoms with Gasteiger partial charge in [0.2, 0.25) is 0 Å². The summed E-state index contributed by atoms with van der Waals surface area (Å²) in [7, 11) is 1.53. The zero-order valence-electron chi connectivity index (χ0n) is 10.2. The van der Waals surface area contributed by atoms with Gasteiger partial charge in [0.05, 0.1) is 12.1 Å². The smallest absolute Gasteiger partial charge is 0.137 e. The molecule has 0 amide bonds. The lowest BCUT2D eigenvalue weighted by Crippen LogP contribution is -2.05. The van der Waals surface area contributed by atoms with Crippen LogP contribution >= 0.6 is 27.5 Å². The van der Waals surface area contributed by atoms with Crippen molar-refractivity contribution in [3.8, 4) is 5.75 Å². The van der Waals surface area contributed by atoms with Gasteiger partial charge >= 0.3 is 0 Å². The van der Waals surface area contributed by atoms with Gasteiger partial charge in [0.15, 0.2) is 0 Å². The highest BCUT2D eigenvalue weighted by molar-refractivity contribution is 9.10. The molecular weight excluding hydrogens is 330 g/mol. The fourth-order valence-corrected chi connectivity index (χ4v) is 2.53. The monoisotopic (exact) mass is 341 g/mol. The fraction of sp³-hybridized carbons (Fsp3) is 0.143. The Morgan fingerprint density at radius 2 is 2.00 bits per heavy atom. The van der Waals surface area contributed by atoms with Gasteiger partial charge in [-0.15, -0.1) is 0 Å². The summed E-state index contributed by atoms with van der Waals surface area (Å²) in [4.78, 5) is 0. The second-order valence-corrected chi connectivity index (χ2v) is 5.33. The lowest BCUT2D eigenvalue weighted by Gasteiger charge is -2.17. The number of benzene rings is 2. The summed E-state index contributed by atoms with van der Waals surface area (Å²) in [6.07, 6.45) is -0.903. The molecule has 1 atom stereocenters. The molecule has 0 saturated heterocycles.